The molecule has 1 aromatic carbocycles. The van der Waals surface area contributed by atoms with Gasteiger partial charge in [-0.25, -0.2) is 4.79 Å². The molecular formula is C19H16N2O4. The first-order valence-electron chi connectivity index (χ1n) is 7.97. The fraction of sp³-hybridized carbons (Fsp3) is 0.158. The van der Waals surface area contributed by atoms with E-state index in [-0.39, 0.29) is 11.6 Å². The number of hydrogen-bond donors (Lipinski definition) is 2. The molecule has 0 bridgehead atoms. The lowest BCUT2D eigenvalue weighted by Crippen LogP contribution is -2.00. The van der Waals surface area contributed by atoms with Crippen molar-refractivity contribution < 1.29 is 19.1 Å². The number of ether oxygens (including phenoxy) is 1. The predicted molar refractivity (Wildman–Crippen MR) is 92.9 cm³/mol. The number of nitrogens with one attached hydrogen (secondary N) is 1. The van der Waals surface area contributed by atoms with Crippen LogP contribution in [0.2, 0.25) is 0 Å². The van der Waals surface area contributed by atoms with Gasteiger partial charge in [-0.3, -0.25) is 4.98 Å². The van der Waals surface area contributed by atoms with E-state index in [4.69, 9.17) is 9.15 Å². The summed E-state index contributed by atoms with van der Waals surface area (Å²) in [5.41, 5.74) is 3.22. The van der Waals surface area contributed by atoms with E-state index in [0.29, 0.717) is 22.5 Å². The number of aromatic carboxylic acids is 1. The van der Waals surface area contributed by atoms with Crippen molar-refractivity contribution in [3.8, 4) is 11.8 Å². The lowest BCUT2D eigenvalue weighted by atomic mass is 10.0. The van der Waals surface area contributed by atoms with Gasteiger partial charge in [0.25, 0.3) is 0 Å². The number of aromatic nitrogens is 2. The molecule has 0 unspecified atom stereocenters. The molecule has 25 heavy (non-hydrogen) atoms. The summed E-state index contributed by atoms with van der Waals surface area (Å²) in [5.74, 6) is 0.212. The van der Waals surface area contributed by atoms with Crippen LogP contribution in [0.25, 0.3) is 16.8 Å². The van der Waals surface area contributed by atoms with E-state index in [1.165, 1.54) is 6.07 Å². The maximum Gasteiger partial charge on any atom is 0.336 e. The van der Waals surface area contributed by atoms with Gasteiger partial charge in [0.2, 0.25) is 5.71 Å². The van der Waals surface area contributed by atoms with Gasteiger partial charge in [-0.15, -0.1) is 0 Å². The maximum atomic E-state index is 11.2. The molecule has 0 saturated carbocycles. The lowest BCUT2D eigenvalue weighted by molar-refractivity contribution is 0.0695. The van der Waals surface area contributed by atoms with Gasteiger partial charge >= 0.3 is 12.0 Å². The van der Waals surface area contributed by atoms with Crippen molar-refractivity contribution in [2.24, 2.45) is 0 Å². The molecule has 4 rings (SSSR count). The number of imidazole rings is 1. The van der Waals surface area contributed by atoms with Crippen molar-refractivity contribution >= 4 is 22.8 Å². The Morgan fingerprint density at radius 3 is 2.96 bits per heavy atom. The lowest BCUT2D eigenvalue weighted by Gasteiger charge is -2.06. The van der Waals surface area contributed by atoms with Crippen molar-refractivity contribution in [2.75, 3.05) is 0 Å². The summed E-state index contributed by atoms with van der Waals surface area (Å²) in [6.07, 6.45) is 8.13. The highest BCUT2D eigenvalue weighted by Crippen LogP contribution is 2.30. The van der Waals surface area contributed by atoms with Crippen molar-refractivity contribution in [2.45, 2.75) is 19.8 Å². The normalized spacial score (nSPS) is 13.9. The van der Waals surface area contributed by atoms with E-state index < -0.39 is 5.97 Å². The predicted octanol–water partition coefficient (Wildman–Crippen LogP) is 4.69. The first-order chi connectivity index (χ1) is 12.1. The number of aryl methyl sites for hydroxylation is 1. The molecule has 126 valence electrons. The molecule has 6 nitrogen and oxygen atoms in total. The third kappa shape index (κ3) is 2.94. The average molecular weight is 336 g/mol. The van der Waals surface area contributed by atoms with Gasteiger partial charge in [0.15, 0.2) is 0 Å². The Hall–Kier alpha value is -3.28. The summed E-state index contributed by atoms with van der Waals surface area (Å²) >= 11 is 0. The Balaban J connectivity index is 1.59. The van der Waals surface area contributed by atoms with Crippen LogP contribution < -0.4 is 4.74 Å². The topological polar surface area (TPSA) is 88.4 Å². The van der Waals surface area contributed by atoms with Gasteiger partial charge in [-0.05, 0) is 43.0 Å². The monoisotopic (exact) mass is 336 g/mol. The number of benzene rings is 1. The number of fused-ring (bicyclic) bond motifs is 1. The number of rotatable bonds is 4. The largest absolute Gasteiger partial charge is 0.478 e. The summed E-state index contributed by atoms with van der Waals surface area (Å²) in [4.78, 5) is 18.5. The highest BCUT2D eigenvalue weighted by molar-refractivity contribution is 5.89. The van der Waals surface area contributed by atoms with E-state index in [9.17, 15) is 9.90 Å². The minimum Gasteiger partial charge on any atom is -0.478 e. The fourth-order valence-electron chi connectivity index (χ4n) is 2.81. The van der Waals surface area contributed by atoms with Crippen molar-refractivity contribution in [1.82, 2.24) is 9.97 Å². The minimum absolute atomic E-state index is 0.201. The van der Waals surface area contributed by atoms with Crippen LogP contribution >= 0.6 is 0 Å². The third-order valence-corrected chi connectivity index (χ3v) is 4.14. The molecule has 6 heteroatoms. The summed E-state index contributed by atoms with van der Waals surface area (Å²) < 4.78 is 11.4. The number of aromatic amines is 1. The molecule has 1 aliphatic rings. The van der Waals surface area contributed by atoms with Crippen molar-refractivity contribution in [3.63, 3.8) is 0 Å². The quantitative estimate of drug-likeness (QED) is 0.721. The number of H-pyrrole nitrogens is 1. The second-order valence-corrected chi connectivity index (χ2v) is 5.91. The molecule has 2 aromatic heterocycles. The molecule has 0 saturated heterocycles. The minimum atomic E-state index is -0.990. The molecule has 0 amide bonds. The third-order valence-electron chi connectivity index (χ3n) is 4.14. The van der Waals surface area contributed by atoms with Crippen LogP contribution in [0, 0.1) is 6.92 Å². The zero-order valence-electron chi connectivity index (χ0n) is 13.6. The second-order valence-electron chi connectivity index (χ2n) is 5.91. The molecule has 3 aromatic rings. The van der Waals surface area contributed by atoms with Crippen LogP contribution in [0.1, 0.15) is 34.5 Å². The Labute approximate surface area is 143 Å². The number of carbonyl (C=O) groups is 1. The van der Waals surface area contributed by atoms with Crippen LogP contribution in [0.15, 0.2) is 46.9 Å². The van der Waals surface area contributed by atoms with Crippen LogP contribution in [0.3, 0.4) is 0 Å². The van der Waals surface area contributed by atoms with E-state index in [1.807, 2.05) is 18.2 Å². The van der Waals surface area contributed by atoms with Crippen LogP contribution in [-0.4, -0.2) is 21.0 Å². The molecule has 2 N–H and O–H groups in total. The Morgan fingerprint density at radius 1 is 1.36 bits per heavy atom. The summed E-state index contributed by atoms with van der Waals surface area (Å²) in [7, 11) is 0. The first kappa shape index (κ1) is 15.3. The number of furan rings is 1. The smallest absolute Gasteiger partial charge is 0.336 e. The van der Waals surface area contributed by atoms with E-state index in [1.54, 1.807) is 19.1 Å². The summed E-state index contributed by atoms with van der Waals surface area (Å²) in [6, 6.07) is 7.02. The molecule has 0 fully saturated rings. The molecular weight excluding hydrogens is 320 g/mol. The van der Waals surface area contributed by atoms with E-state index in [2.05, 4.69) is 16.0 Å². The molecule has 0 aliphatic heterocycles. The van der Waals surface area contributed by atoms with E-state index in [0.717, 1.165) is 24.2 Å². The standard InChI is InChI=1S/C19H16N2O4/c1-11-7-8-13(9-14(11)18(22)23)24-19-20-15-10-16(25-17(15)21-19)12-5-3-2-4-6-12/h2-3,5,7-10H,4,6H2,1H3,(H,20,21)(H,22,23). The molecule has 0 spiro atoms. The molecule has 2 heterocycles. The van der Waals surface area contributed by atoms with E-state index >= 15 is 0 Å². The van der Waals surface area contributed by atoms with Crippen LogP contribution in [0.5, 0.6) is 11.8 Å². The fourth-order valence-corrected chi connectivity index (χ4v) is 2.81. The number of nitrogens with zero attached hydrogens (tertiary/aromatic N) is 1. The zero-order chi connectivity index (χ0) is 17.4. The summed E-state index contributed by atoms with van der Waals surface area (Å²) in [6.45, 7) is 1.74. The Morgan fingerprint density at radius 2 is 2.24 bits per heavy atom. The maximum absolute atomic E-state index is 11.2. The molecule has 1 aliphatic carbocycles. The highest BCUT2D eigenvalue weighted by atomic mass is 16.5. The number of carboxylic acid groups (broad SMARTS) is 1. The first-order valence-corrected chi connectivity index (χ1v) is 7.97. The van der Waals surface area contributed by atoms with Crippen molar-refractivity contribution in [1.29, 1.82) is 0 Å². The highest BCUT2D eigenvalue weighted by Gasteiger charge is 2.15. The molecule has 0 radical (unpaired) electrons. The van der Waals surface area contributed by atoms with Gasteiger partial charge in [0.05, 0.1) is 5.56 Å². The summed E-state index contributed by atoms with van der Waals surface area (Å²) in [5, 5.41) is 9.19. The Kier molecular flexibility index (Phi) is 3.65. The van der Waals surface area contributed by atoms with Crippen LogP contribution in [-0.2, 0) is 0 Å². The molecule has 0 atom stereocenters. The number of allylic oxidation sites excluding steroid dienone is 4. The zero-order valence-corrected chi connectivity index (χ0v) is 13.6. The Bertz CT molecular complexity index is 992. The van der Waals surface area contributed by atoms with Gasteiger partial charge < -0.3 is 14.3 Å². The van der Waals surface area contributed by atoms with Gasteiger partial charge in [-0.1, -0.05) is 24.3 Å². The SMILES string of the molecule is Cc1ccc(Oc2nc3cc(C4=CC=CCC4)oc3[nH]2)cc1C(=O)O. The van der Waals surface area contributed by atoms with Gasteiger partial charge in [-0.2, -0.15) is 4.98 Å². The van der Waals surface area contributed by atoms with Gasteiger partial charge in [0.1, 0.15) is 17.0 Å². The second kappa shape index (κ2) is 5.98. The average Bonchev–Trinajstić information content (AvgIpc) is 3.15. The number of hydrogen-bond acceptors (Lipinski definition) is 4. The van der Waals surface area contributed by atoms with Crippen LogP contribution in [0.4, 0.5) is 0 Å². The van der Waals surface area contributed by atoms with Gasteiger partial charge in [0, 0.05) is 6.07 Å². The van der Waals surface area contributed by atoms with Crippen molar-refractivity contribution in [3.05, 3.63) is 59.4 Å². The number of carboxylic acids is 1.